The molecule has 2 amide bonds. The molecule has 0 unspecified atom stereocenters. The molecule has 0 saturated carbocycles. The molecule has 0 spiro atoms. The zero-order valence-electron chi connectivity index (χ0n) is 15.9. The van der Waals surface area contributed by atoms with E-state index in [0.717, 1.165) is 17.8 Å². The van der Waals surface area contributed by atoms with Crippen LogP contribution in [-0.2, 0) is 16.1 Å². The average molecular weight is 405 g/mol. The zero-order chi connectivity index (χ0) is 19.9. The molecule has 2 aromatic heterocycles. The van der Waals surface area contributed by atoms with E-state index in [2.05, 4.69) is 27.8 Å². The highest BCUT2D eigenvalue weighted by atomic mass is 32.1. The first-order valence-electron chi connectivity index (χ1n) is 9.13. The lowest BCUT2D eigenvalue weighted by molar-refractivity contribution is -0.138. The van der Waals surface area contributed by atoms with E-state index in [9.17, 15) is 9.59 Å². The second kappa shape index (κ2) is 9.47. The fourth-order valence-corrected chi connectivity index (χ4v) is 3.49. The van der Waals surface area contributed by atoms with Gasteiger partial charge in [-0.25, -0.2) is 9.59 Å². The molecule has 1 aliphatic rings. The molecule has 0 radical (unpaired) electrons. The Hall–Kier alpha value is -2.72. The molecule has 0 fully saturated rings. The first kappa shape index (κ1) is 20.0. The third kappa shape index (κ3) is 4.96. The van der Waals surface area contributed by atoms with Crippen molar-refractivity contribution >= 4 is 23.3 Å². The number of nitrogens with one attached hydrogen (secondary N) is 2. The Kier molecular flexibility index (Phi) is 6.77. The van der Waals surface area contributed by atoms with Crippen LogP contribution < -0.4 is 10.6 Å². The first-order chi connectivity index (χ1) is 13.6. The molecule has 10 heteroatoms. The van der Waals surface area contributed by atoms with E-state index in [1.165, 1.54) is 11.3 Å². The van der Waals surface area contributed by atoms with Gasteiger partial charge in [0.05, 0.1) is 30.1 Å². The highest BCUT2D eigenvalue weighted by molar-refractivity contribution is 7.13. The van der Waals surface area contributed by atoms with Gasteiger partial charge in [-0.05, 0) is 31.3 Å². The Morgan fingerprint density at radius 2 is 2.21 bits per heavy atom. The molecule has 0 aromatic carbocycles. The van der Waals surface area contributed by atoms with Gasteiger partial charge in [-0.1, -0.05) is 13.0 Å². The van der Waals surface area contributed by atoms with Gasteiger partial charge in [-0.3, -0.25) is 4.90 Å². The molecule has 2 N–H and O–H groups in total. The summed E-state index contributed by atoms with van der Waals surface area (Å²) in [6.45, 7) is 5.73. The molecule has 0 saturated heterocycles. The highest BCUT2D eigenvalue weighted by Gasteiger charge is 2.25. The summed E-state index contributed by atoms with van der Waals surface area (Å²) in [7, 11) is 0. The number of hydrogen-bond acceptors (Lipinski definition) is 8. The van der Waals surface area contributed by atoms with Crippen molar-refractivity contribution in [2.45, 2.75) is 26.8 Å². The van der Waals surface area contributed by atoms with E-state index in [1.807, 2.05) is 22.4 Å². The average Bonchev–Trinajstić information content (AvgIpc) is 3.33. The lowest BCUT2D eigenvalue weighted by Crippen LogP contribution is -2.46. The number of thiophene rings is 1. The maximum Gasteiger partial charge on any atom is 0.337 e. The Balaban J connectivity index is 1.75. The van der Waals surface area contributed by atoms with E-state index in [0.29, 0.717) is 36.1 Å². The lowest BCUT2D eigenvalue weighted by Gasteiger charge is -2.26. The van der Waals surface area contributed by atoms with E-state index in [4.69, 9.17) is 9.15 Å². The number of carbonyl (C=O) groups is 2. The molecule has 28 heavy (non-hydrogen) atoms. The van der Waals surface area contributed by atoms with Crippen LogP contribution in [0.4, 0.5) is 4.79 Å². The van der Waals surface area contributed by atoms with Crippen molar-refractivity contribution in [1.29, 1.82) is 0 Å². The van der Waals surface area contributed by atoms with Gasteiger partial charge in [0.1, 0.15) is 0 Å². The smallest absolute Gasteiger partial charge is 0.337 e. The van der Waals surface area contributed by atoms with E-state index >= 15 is 0 Å². The standard InChI is InChI=1S/C18H23N5O4S/c1-3-7-23(11-15-21-22-16(27-15)14-6-5-8-28-14)10-13-12(17(24)26-4-2)9-19-18(25)20-13/h5-6,8H,3-4,7,9-11H2,1-2H3,(H2,19,20,25). The number of nitrogens with zero attached hydrogens (tertiary/aromatic N) is 3. The summed E-state index contributed by atoms with van der Waals surface area (Å²) in [6.07, 6.45) is 0.889. The third-order valence-electron chi connectivity index (χ3n) is 4.06. The predicted octanol–water partition coefficient (Wildman–Crippen LogP) is 2.14. The Bertz CT molecular complexity index is 846. The summed E-state index contributed by atoms with van der Waals surface area (Å²) < 4.78 is 10.9. The van der Waals surface area contributed by atoms with Gasteiger partial charge in [-0.15, -0.1) is 21.5 Å². The molecule has 3 rings (SSSR count). The molecule has 1 aliphatic heterocycles. The fourth-order valence-electron chi connectivity index (χ4n) is 2.84. The molecular weight excluding hydrogens is 382 g/mol. The third-order valence-corrected chi connectivity index (χ3v) is 4.91. The molecule has 0 atom stereocenters. The molecule has 0 aliphatic carbocycles. The highest BCUT2D eigenvalue weighted by Crippen LogP contribution is 2.23. The number of carbonyl (C=O) groups excluding carboxylic acids is 2. The van der Waals surface area contributed by atoms with Crippen LogP contribution >= 0.6 is 11.3 Å². The first-order valence-corrected chi connectivity index (χ1v) is 10.0. The normalized spacial score (nSPS) is 14.2. The summed E-state index contributed by atoms with van der Waals surface area (Å²) in [4.78, 5) is 26.9. The van der Waals surface area contributed by atoms with Crippen molar-refractivity contribution in [3.05, 3.63) is 34.7 Å². The van der Waals surface area contributed by atoms with Crippen LogP contribution in [0.25, 0.3) is 10.8 Å². The van der Waals surface area contributed by atoms with Crippen LogP contribution in [0.15, 0.2) is 33.2 Å². The number of hydrogen-bond donors (Lipinski definition) is 2. The summed E-state index contributed by atoms with van der Waals surface area (Å²) >= 11 is 1.53. The van der Waals surface area contributed by atoms with Gasteiger partial charge in [0.25, 0.3) is 5.89 Å². The van der Waals surface area contributed by atoms with Crippen LogP contribution in [0.5, 0.6) is 0 Å². The van der Waals surface area contributed by atoms with Crippen LogP contribution in [0.1, 0.15) is 26.2 Å². The van der Waals surface area contributed by atoms with Crippen LogP contribution in [-0.4, -0.2) is 53.3 Å². The molecular formula is C18H23N5O4S. The van der Waals surface area contributed by atoms with Crippen molar-refractivity contribution in [2.24, 2.45) is 0 Å². The van der Waals surface area contributed by atoms with Crippen molar-refractivity contribution in [2.75, 3.05) is 26.2 Å². The monoisotopic (exact) mass is 405 g/mol. The van der Waals surface area contributed by atoms with Gasteiger partial charge in [0.15, 0.2) is 0 Å². The number of ether oxygens (including phenoxy) is 1. The minimum atomic E-state index is -0.431. The van der Waals surface area contributed by atoms with Crippen LogP contribution in [0, 0.1) is 0 Å². The van der Waals surface area contributed by atoms with E-state index in [1.54, 1.807) is 6.92 Å². The summed E-state index contributed by atoms with van der Waals surface area (Å²) in [5.74, 6) is 0.540. The van der Waals surface area contributed by atoms with Crippen LogP contribution in [0.3, 0.4) is 0 Å². The van der Waals surface area contributed by atoms with Crippen molar-refractivity contribution in [3.63, 3.8) is 0 Å². The summed E-state index contributed by atoms with van der Waals surface area (Å²) in [6, 6.07) is 3.51. The Labute approximate surface area is 166 Å². The maximum atomic E-state index is 12.2. The maximum absolute atomic E-state index is 12.2. The molecule has 3 heterocycles. The lowest BCUT2D eigenvalue weighted by atomic mass is 10.1. The topological polar surface area (TPSA) is 110 Å². The summed E-state index contributed by atoms with van der Waals surface area (Å²) in [5.41, 5.74) is 0.959. The Morgan fingerprint density at radius 3 is 2.93 bits per heavy atom. The van der Waals surface area contributed by atoms with Gasteiger partial charge >= 0.3 is 12.0 Å². The number of urea groups is 1. The van der Waals surface area contributed by atoms with Crippen LogP contribution in [0.2, 0.25) is 0 Å². The van der Waals surface area contributed by atoms with Crippen molar-refractivity contribution in [3.8, 4) is 10.8 Å². The minimum absolute atomic E-state index is 0.142. The SMILES string of the molecule is CCCN(CC1=C(C(=O)OCC)CNC(=O)N1)Cc1nnc(-c2cccs2)o1. The van der Waals surface area contributed by atoms with E-state index in [-0.39, 0.29) is 19.2 Å². The number of aromatic nitrogens is 2. The zero-order valence-corrected chi connectivity index (χ0v) is 16.7. The molecule has 9 nitrogen and oxygen atoms in total. The molecule has 150 valence electrons. The van der Waals surface area contributed by atoms with Crippen molar-refractivity contribution < 1.29 is 18.7 Å². The number of esters is 1. The number of rotatable bonds is 9. The second-order valence-corrected chi connectivity index (χ2v) is 7.12. The van der Waals surface area contributed by atoms with Crippen molar-refractivity contribution in [1.82, 2.24) is 25.7 Å². The molecule has 2 aromatic rings. The minimum Gasteiger partial charge on any atom is -0.463 e. The Morgan fingerprint density at radius 1 is 1.36 bits per heavy atom. The van der Waals surface area contributed by atoms with Gasteiger partial charge in [0, 0.05) is 12.2 Å². The van der Waals surface area contributed by atoms with Gasteiger partial charge in [-0.2, -0.15) is 0 Å². The molecule has 0 bridgehead atoms. The number of amides is 2. The fraction of sp³-hybridized carbons (Fsp3) is 0.444. The van der Waals surface area contributed by atoms with Gasteiger partial charge < -0.3 is 19.8 Å². The summed E-state index contributed by atoms with van der Waals surface area (Å²) in [5, 5.41) is 15.5. The predicted molar refractivity (Wildman–Crippen MR) is 103 cm³/mol. The largest absolute Gasteiger partial charge is 0.463 e. The van der Waals surface area contributed by atoms with Gasteiger partial charge in [0.2, 0.25) is 5.89 Å². The quantitative estimate of drug-likeness (QED) is 0.615. The van der Waals surface area contributed by atoms with E-state index < -0.39 is 5.97 Å². The second-order valence-electron chi connectivity index (χ2n) is 6.17.